The summed E-state index contributed by atoms with van der Waals surface area (Å²) in [5, 5.41) is 0. The second-order valence-electron chi connectivity index (χ2n) is 2.68. The molecule has 0 radical (unpaired) electrons. The van der Waals surface area contributed by atoms with E-state index >= 15 is 0 Å². The monoisotopic (exact) mass is 159 g/mol. The number of rotatable bonds is 1. The summed E-state index contributed by atoms with van der Waals surface area (Å²) in [4.78, 5) is 12.9. The van der Waals surface area contributed by atoms with Crippen molar-refractivity contribution in [1.29, 1.82) is 0 Å². The summed E-state index contributed by atoms with van der Waals surface area (Å²) in [5.41, 5.74) is 0. The van der Waals surface area contributed by atoms with Gasteiger partial charge in [0.1, 0.15) is 5.00 Å². The van der Waals surface area contributed by atoms with Gasteiger partial charge < -0.3 is 0 Å². The van der Waals surface area contributed by atoms with E-state index in [1.807, 2.05) is 0 Å². The average molecular weight is 160 g/mol. The first kappa shape index (κ1) is 7.77. The molecule has 0 saturated heterocycles. The lowest BCUT2D eigenvalue weighted by Gasteiger charge is -2.24. The Hall–Kier alpha value is -0.330. The van der Waals surface area contributed by atoms with Crippen LogP contribution in [0.3, 0.4) is 0 Å². The third-order valence-electron chi connectivity index (χ3n) is 1.87. The lowest BCUT2D eigenvalue weighted by molar-refractivity contribution is 0.399. The number of hydrogen-bond donors (Lipinski definition) is 0. The fourth-order valence-electron chi connectivity index (χ4n) is 1.29. The second kappa shape index (κ2) is 3.18. The molecule has 0 aromatic rings. The maximum Gasteiger partial charge on any atom is 0.236 e. The molecular formula is C7H10ClNO. The van der Waals surface area contributed by atoms with E-state index in [2.05, 4.69) is 4.99 Å². The van der Waals surface area contributed by atoms with Crippen LogP contribution in [0.4, 0.5) is 0 Å². The molecular weight excluding hydrogens is 150 g/mol. The molecule has 0 unspecified atom stereocenters. The zero-order valence-corrected chi connectivity index (χ0v) is 6.52. The zero-order valence-electron chi connectivity index (χ0n) is 5.77. The summed E-state index contributed by atoms with van der Waals surface area (Å²) in [6, 6.07) is 0. The molecule has 1 saturated carbocycles. The third-order valence-corrected chi connectivity index (χ3v) is 2.33. The highest BCUT2D eigenvalue weighted by molar-refractivity contribution is 6.24. The Labute approximate surface area is 65.3 Å². The molecule has 1 fully saturated rings. The lowest BCUT2D eigenvalue weighted by atomic mass is 9.95. The molecule has 0 heterocycles. The van der Waals surface area contributed by atoms with Crippen LogP contribution in [0.2, 0.25) is 0 Å². The van der Waals surface area contributed by atoms with E-state index in [0.29, 0.717) is 0 Å². The van der Waals surface area contributed by atoms with Gasteiger partial charge in [-0.3, -0.25) is 0 Å². The standard InChI is InChI=1S/C7H10ClNO/c8-7(9-6-10)4-2-1-3-5-7/h1-5H2. The Morgan fingerprint density at radius 1 is 1.30 bits per heavy atom. The first-order valence-electron chi connectivity index (χ1n) is 3.55. The van der Waals surface area contributed by atoms with E-state index in [9.17, 15) is 4.79 Å². The molecule has 3 heteroatoms. The molecule has 0 aromatic heterocycles. The van der Waals surface area contributed by atoms with Gasteiger partial charge in [0.15, 0.2) is 0 Å². The van der Waals surface area contributed by atoms with Gasteiger partial charge in [-0.05, 0) is 25.7 Å². The Morgan fingerprint density at radius 2 is 1.90 bits per heavy atom. The Morgan fingerprint density at radius 3 is 2.40 bits per heavy atom. The van der Waals surface area contributed by atoms with Crippen molar-refractivity contribution in [2.45, 2.75) is 37.1 Å². The fraction of sp³-hybridized carbons (Fsp3) is 0.857. The van der Waals surface area contributed by atoms with Gasteiger partial charge in [0.25, 0.3) is 0 Å². The van der Waals surface area contributed by atoms with Gasteiger partial charge in [0, 0.05) is 0 Å². The van der Waals surface area contributed by atoms with E-state index in [4.69, 9.17) is 11.6 Å². The highest BCUT2D eigenvalue weighted by atomic mass is 35.5. The minimum Gasteiger partial charge on any atom is -0.211 e. The zero-order chi connectivity index (χ0) is 7.45. The van der Waals surface area contributed by atoms with Crippen LogP contribution in [0, 0.1) is 0 Å². The maximum absolute atomic E-state index is 9.90. The molecule has 0 amide bonds. The summed E-state index contributed by atoms with van der Waals surface area (Å²) < 4.78 is 0. The summed E-state index contributed by atoms with van der Waals surface area (Å²) in [7, 11) is 0. The highest BCUT2D eigenvalue weighted by Gasteiger charge is 2.28. The minimum absolute atomic E-state index is 0.597. The molecule has 0 spiro atoms. The molecule has 56 valence electrons. The van der Waals surface area contributed by atoms with Gasteiger partial charge in [-0.2, -0.15) is 4.99 Å². The molecule has 10 heavy (non-hydrogen) atoms. The molecule has 0 atom stereocenters. The van der Waals surface area contributed by atoms with Gasteiger partial charge in [-0.25, -0.2) is 4.79 Å². The number of hydrogen-bond acceptors (Lipinski definition) is 2. The number of isocyanates is 1. The molecule has 0 bridgehead atoms. The van der Waals surface area contributed by atoms with Crippen LogP contribution >= 0.6 is 11.6 Å². The Balaban J connectivity index is 2.56. The number of carbonyl (C=O) groups excluding carboxylic acids is 1. The van der Waals surface area contributed by atoms with E-state index in [1.165, 1.54) is 12.5 Å². The summed E-state index contributed by atoms with van der Waals surface area (Å²) >= 11 is 5.95. The molecule has 1 rings (SSSR count). The van der Waals surface area contributed by atoms with Crippen LogP contribution in [0.25, 0.3) is 0 Å². The van der Waals surface area contributed by atoms with Crippen molar-refractivity contribution < 1.29 is 4.79 Å². The highest BCUT2D eigenvalue weighted by Crippen LogP contribution is 2.34. The normalized spacial score (nSPS) is 23.3. The molecule has 0 aromatic carbocycles. The molecule has 1 aliphatic rings. The van der Waals surface area contributed by atoms with Crippen LogP contribution in [0.1, 0.15) is 32.1 Å². The van der Waals surface area contributed by atoms with Crippen LogP contribution in [0.15, 0.2) is 4.99 Å². The van der Waals surface area contributed by atoms with Crippen molar-refractivity contribution in [3.8, 4) is 0 Å². The first-order chi connectivity index (χ1) is 4.77. The molecule has 0 N–H and O–H groups in total. The molecule has 2 nitrogen and oxygen atoms in total. The topological polar surface area (TPSA) is 29.4 Å². The van der Waals surface area contributed by atoms with Crippen LogP contribution < -0.4 is 0 Å². The van der Waals surface area contributed by atoms with Crippen LogP contribution in [0.5, 0.6) is 0 Å². The largest absolute Gasteiger partial charge is 0.236 e. The average Bonchev–Trinajstić information content (AvgIpc) is 1.89. The van der Waals surface area contributed by atoms with Crippen molar-refractivity contribution in [1.82, 2.24) is 0 Å². The van der Waals surface area contributed by atoms with Gasteiger partial charge in [0.2, 0.25) is 6.08 Å². The van der Waals surface area contributed by atoms with E-state index in [1.54, 1.807) is 0 Å². The van der Waals surface area contributed by atoms with Crippen molar-refractivity contribution in [3.05, 3.63) is 0 Å². The van der Waals surface area contributed by atoms with Gasteiger partial charge in [0.05, 0.1) is 0 Å². The fourth-order valence-corrected chi connectivity index (χ4v) is 1.59. The van der Waals surface area contributed by atoms with Crippen molar-refractivity contribution in [2.75, 3.05) is 0 Å². The van der Waals surface area contributed by atoms with Crippen molar-refractivity contribution >= 4 is 17.7 Å². The van der Waals surface area contributed by atoms with Gasteiger partial charge in [-0.15, -0.1) is 0 Å². The quantitative estimate of drug-likeness (QED) is 0.250. The number of alkyl halides is 1. The maximum atomic E-state index is 9.90. The number of nitrogens with zero attached hydrogens (tertiary/aromatic N) is 1. The number of aliphatic imine (C=N–C) groups is 1. The lowest BCUT2D eigenvalue weighted by Crippen LogP contribution is -2.21. The second-order valence-corrected chi connectivity index (χ2v) is 3.39. The predicted octanol–water partition coefficient (Wildman–Crippen LogP) is 2.22. The van der Waals surface area contributed by atoms with Gasteiger partial charge in [-0.1, -0.05) is 18.0 Å². The number of halogens is 1. The summed E-state index contributed by atoms with van der Waals surface area (Å²) in [6.07, 6.45) is 6.53. The van der Waals surface area contributed by atoms with Gasteiger partial charge >= 0.3 is 0 Å². The van der Waals surface area contributed by atoms with E-state index in [0.717, 1.165) is 25.7 Å². The molecule has 0 aliphatic heterocycles. The Bertz CT molecular complexity index is 157. The summed E-state index contributed by atoms with van der Waals surface area (Å²) in [5.74, 6) is 0. The van der Waals surface area contributed by atoms with Crippen molar-refractivity contribution in [3.63, 3.8) is 0 Å². The first-order valence-corrected chi connectivity index (χ1v) is 3.93. The van der Waals surface area contributed by atoms with Crippen molar-refractivity contribution in [2.24, 2.45) is 4.99 Å². The van der Waals surface area contributed by atoms with Crippen LogP contribution in [-0.4, -0.2) is 11.1 Å². The molecule has 1 aliphatic carbocycles. The smallest absolute Gasteiger partial charge is 0.211 e. The SMILES string of the molecule is O=C=NC1(Cl)CCCCC1. The third kappa shape index (κ3) is 1.83. The van der Waals surface area contributed by atoms with E-state index < -0.39 is 5.00 Å². The summed E-state index contributed by atoms with van der Waals surface area (Å²) in [6.45, 7) is 0. The van der Waals surface area contributed by atoms with E-state index in [-0.39, 0.29) is 0 Å². The minimum atomic E-state index is -0.597. The van der Waals surface area contributed by atoms with Crippen LogP contribution in [-0.2, 0) is 4.79 Å². The predicted molar refractivity (Wildman–Crippen MR) is 39.8 cm³/mol. The Kier molecular flexibility index (Phi) is 2.47.